The lowest BCUT2D eigenvalue weighted by atomic mass is 10.0. The van der Waals surface area contributed by atoms with Gasteiger partial charge in [0.05, 0.1) is 0 Å². The Bertz CT molecular complexity index is 425. The monoisotopic (exact) mass is 309 g/mol. The highest BCUT2D eigenvalue weighted by Gasteiger charge is 2.57. The molecule has 1 aliphatic carbocycles. The minimum Gasteiger partial charge on any atom is -0.316 e. The first-order valence-corrected chi connectivity index (χ1v) is 7.74. The van der Waals surface area contributed by atoms with E-state index in [4.69, 9.17) is 0 Å². The highest BCUT2D eigenvalue weighted by molar-refractivity contribution is 9.10. The first kappa shape index (κ1) is 14.1. The third kappa shape index (κ3) is 2.65. The first-order valence-electron chi connectivity index (χ1n) is 6.95. The predicted molar refractivity (Wildman–Crippen MR) is 82.1 cm³/mol. The first-order chi connectivity index (χ1) is 8.48. The zero-order chi connectivity index (χ0) is 13.3. The Hall–Kier alpha value is -0.340. The van der Waals surface area contributed by atoms with Crippen LogP contribution in [0.5, 0.6) is 0 Å². The minimum absolute atomic E-state index is 0.445. The molecular formula is C16H24BrN. The summed E-state index contributed by atoms with van der Waals surface area (Å²) in [6.45, 7) is 11.5. The lowest BCUT2D eigenvalue weighted by molar-refractivity contribution is 0.518. The number of rotatable bonds is 5. The molecule has 0 heterocycles. The van der Waals surface area contributed by atoms with Crippen LogP contribution in [0.1, 0.15) is 44.2 Å². The second kappa shape index (κ2) is 5.34. The highest BCUT2D eigenvalue weighted by atomic mass is 79.9. The largest absolute Gasteiger partial charge is 0.316 e. The standard InChI is InChI=1S/C16H24BrN/c1-5-8-18-10-13-15(16(13,3)4)12-6-7-14(17)11(2)9-12/h6-7,9,13,15,18H,5,8,10H2,1-4H3. The molecule has 1 aromatic rings. The highest BCUT2D eigenvalue weighted by Crippen LogP contribution is 2.64. The molecule has 1 nitrogen and oxygen atoms in total. The second-order valence-corrected chi connectivity index (χ2v) is 6.97. The van der Waals surface area contributed by atoms with Crippen molar-refractivity contribution in [2.75, 3.05) is 13.1 Å². The van der Waals surface area contributed by atoms with E-state index in [0.29, 0.717) is 11.3 Å². The maximum Gasteiger partial charge on any atom is 0.0204 e. The maximum absolute atomic E-state index is 3.58. The van der Waals surface area contributed by atoms with Crippen LogP contribution in [0.25, 0.3) is 0 Å². The molecule has 1 fully saturated rings. The van der Waals surface area contributed by atoms with E-state index in [1.165, 1.54) is 22.0 Å². The van der Waals surface area contributed by atoms with Gasteiger partial charge in [0.1, 0.15) is 0 Å². The van der Waals surface area contributed by atoms with Gasteiger partial charge in [0.2, 0.25) is 0 Å². The smallest absolute Gasteiger partial charge is 0.0204 e. The van der Waals surface area contributed by atoms with Crippen LogP contribution in [0.4, 0.5) is 0 Å². The molecule has 0 spiro atoms. The molecule has 2 atom stereocenters. The summed E-state index contributed by atoms with van der Waals surface area (Å²) in [6.07, 6.45) is 1.22. The van der Waals surface area contributed by atoms with E-state index < -0.39 is 0 Å². The molecule has 2 heteroatoms. The Kier molecular flexibility index (Phi) is 4.18. The van der Waals surface area contributed by atoms with Gasteiger partial charge >= 0.3 is 0 Å². The van der Waals surface area contributed by atoms with Gasteiger partial charge in [-0.25, -0.2) is 0 Å². The van der Waals surface area contributed by atoms with Crippen LogP contribution in [0.15, 0.2) is 22.7 Å². The third-order valence-electron chi connectivity index (χ3n) is 4.38. The van der Waals surface area contributed by atoms with E-state index in [-0.39, 0.29) is 0 Å². The number of nitrogens with one attached hydrogen (secondary N) is 1. The van der Waals surface area contributed by atoms with Crippen LogP contribution in [0.3, 0.4) is 0 Å². The Labute approximate surface area is 119 Å². The normalized spacial score (nSPS) is 25.2. The van der Waals surface area contributed by atoms with Crippen molar-refractivity contribution in [3.63, 3.8) is 0 Å². The topological polar surface area (TPSA) is 12.0 Å². The summed E-state index contributed by atoms with van der Waals surface area (Å²) in [4.78, 5) is 0. The third-order valence-corrected chi connectivity index (χ3v) is 5.27. The summed E-state index contributed by atoms with van der Waals surface area (Å²) < 4.78 is 1.21. The summed E-state index contributed by atoms with van der Waals surface area (Å²) in [5.74, 6) is 1.50. The molecule has 1 aliphatic rings. The molecule has 100 valence electrons. The van der Waals surface area contributed by atoms with Gasteiger partial charge < -0.3 is 5.32 Å². The number of benzene rings is 1. The van der Waals surface area contributed by atoms with Gasteiger partial charge in [0.15, 0.2) is 0 Å². The SMILES string of the molecule is CCCNCC1C(c2ccc(Br)c(C)c2)C1(C)C. The van der Waals surface area contributed by atoms with Gasteiger partial charge in [0.25, 0.3) is 0 Å². The van der Waals surface area contributed by atoms with E-state index >= 15 is 0 Å². The van der Waals surface area contributed by atoms with Crippen molar-refractivity contribution in [1.82, 2.24) is 5.32 Å². The van der Waals surface area contributed by atoms with Crippen LogP contribution in [0.2, 0.25) is 0 Å². The van der Waals surface area contributed by atoms with Gasteiger partial charge in [-0.2, -0.15) is 0 Å². The van der Waals surface area contributed by atoms with Crippen molar-refractivity contribution in [2.45, 2.75) is 40.0 Å². The van der Waals surface area contributed by atoms with Gasteiger partial charge in [-0.3, -0.25) is 0 Å². The molecular weight excluding hydrogens is 286 g/mol. The van der Waals surface area contributed by atoms with E-state index in [9.17, 15) is 0 Å². The average molecular weight is 310 g/mol. The molecule has 1 aromatic carbocycles. The summed E-state index contributed by atoms with van der Waals surface area (Å²) in [5.41, 5.74) is 3.29. The lowest BCUT2D eigenvalue weighted by Crippen LogP contribution is -2.19. The predicted octanol–water partition coefficient (Wildman–Crippen LogP) is 4.50. The zero-order valence-electron chi connectivity index (χ0n) is 11.9. The fourth-order valence-electron chi connectivity index (χ4n) is 3.08. The van der Waals surface area contributed by atoms with E-state index in [1.807, 2.05) is 0 Å². The zero-order valence-corrected chi connectivity index (χ0v) is 13.5. The molecule has 2 rings (SSSR count). The van der Waals surface area contributed by atoms with Crippen LogP contribution >= 0.6 is 15.9 Å². The molecule has 18 heavy (non-hydrogen) atoms. The van der Waals surface area contributed by atoms with Crippen molar-refractivity contribution >= 4 is 15.9 Å². The Morgan fingerprint density at radius 2 is 2.06 bits per heavy atom. The van der Waals surface area contributed by atoms with Crippen molar-refractivity contribution in [3.05, 3.63) is 33.8 Å². The van der Waals surface area contributed by atoms with Crippen molar-refractivity contribution in [3.8, 4) is 0 Å². The Morgan fingerprint density at radius 1 is 1.33 bits per heavy atom. The molecule has 1 N–H and O–H groups in total. The number of halogens is 1. The molecule has 0 bridgehead atoms. The molecule has 1 saturated carbocycles. The van der Waals surface area contributed by atoms with Crippen LogP contribution in [0, 0.1) is 18.3 Å². The quantitative estimate of drug-likeness (QED) is 0.790. The van der Waals surface area contributed by atoms with E-state index in [2.05, 4.69) is 67.1 Å². The van der Waals surface area contributed by atoms with Crippen LogP contribution in [-0.2, 0) is 0 Å². The van der Waals surface area contributed by atoms with Gasteiger partial charge in [-0.05, 0) is 60.9 Å². The lowest BCUT2D eigenvalue weighted by Gasteiger charge is -2.05. The Morgan fingerprint density at radius 3 is 2.67 bits per heavy atom. The molecule has 0 radical (unpaired) electrons. The molecule has 0 aliphatic heterocycles. The summed E-state index contributed by atoms with van der Waals surface area (Å²) >= 11 is 3.58. The molecule has 0 saturated heterocycles. The van der Waals surface area contributed by atoms with Gasteiger partial charge in [0, 0.05) is 4.47 Å². The summed E-state index contributed by atoms with van der Waals surface area (Å²) in [5, 5.41) is 3.57. The fourth-order valence-corrected chi connectivity index (χ4v) is 3.33. The fraction of sp³-hybridized carbons (Fsp3) is 0.625. The number of hydrogen-bond donors (Lipinski definition) is 1. The van der Waals surface area contributed by atoms with E-state index in [0.717, 1.165) is 19.0 Å². The van der Waals surface area contributed by atoms with Crippen molar-refractivity contribution < 1.29 is 0 Å². The van der Waals surface area contributed by atoms with Gasteiger partial charge in [-0.15, -0.1) is 0 Å². The Balaban J connectivity index is 2.07. The number of aryl methyl sites for hydroxylation is 1. The van der Waals surface area contributed by atoms with E-state index in [1.54, 1.807) is 0 Å². The van der Waals surface area contributed by atoms with Crippen LogP contribution in [-0.4, -0.2) is 13.1 Å². The molecule has 0 amide bonds. The molecule has 0 aromatic heterocycles. The summed E-state index contributed by atoms with van der Waals surface area (Å²) in [6, 6.07) is 6.81. The number of hydrogen-bond acceptors (Lipinski definition) is 1. The maximum atomic E-state index is 3.58. The minimum atomic E-state index is 0.445. The second-order valence-electron chi connectivity index (χ2n) is 6.12. The van der Waals surface area contributed by atoms with Gasteiger partial charge in [-0.1, -0.05) is 48.8 Å². The van der Waals surface area contributed by atoms with Crippen LogP contribution < -0.4 is 5.32 Å². The average Bonchev–Trinajstić information content (AvgIpc) is 2.85. The molecule has 2 unspecified atom stereocenters. The summed E-state index contributed by atoms with van der Waals surface area (Å²) in [7, 11) is 0. The van der Waals surface area contributed by atoms with Crippen molar-refractivity contribution in [2.24, 2.45) is 11.3 Å². The van der Waals surface area contributed by atoms with Crippen molar-refractivity contribution in [1.29, 1.82) is 0 Å².